The van der Waals surface area contributed by atoms with Gasteiger partial charge in [-0.3, -0.25) is 14.5 Å². The maximum absolute atomic E-state index is 12.4. The summed E-state index contributed by atoms with van der Waals surface area (Å²) in [7, 11) is 0. The predicted molar refractivity (Wildman–Crippen MR) is 133 cm³/mol. The molecule has 0 spiro atoms. The Morgan fingerprint density at radius 2 is 1.77 bits per heavy atom. The van der Waals surface area contributed by atoms with Crippen LogP contribution in [0.25, 0.3) is 0 Å². The highest BCUT2D eigenvalue weighted by atomic mass is 16.3. The van der Waals surface area contributed by atoms with E-state index >= 15 is 0 Å². The lowest BCUT2D eigenvalue weighted by Crippen LogP contribution is -2.47. The first-order valence-corrected chi connectivity index (χ1v) is 11.5. The van der Waals surface area contributed by atoms with Gasteiger partial charge in [-0.25, -0.2) is 0 Å². The molecule has 4 rings (SSSR count). The number of benzene rings is 2. The molecule has 0 radical (unpaired) electrons. The number of aromatic nitrogens is 3. The minimum Gasteiger partial charge on any atom is -0.395 e. The summed E-state index contributed by atoms with van der Waals surface area (Å²) in [6.45, 7) is 6.32. The third-order valence-electron chi connectivity index (χ3n) is 5.80. The van der Waals surface area contributed by atoms with Gasteiger partial charge in [-0.15, -0.1) is 0 Å². The van der Waals surface area contributed by atoms with Gasteiger partial charge in [0.2, 0.25) is 11.9 Å². The molecule has 35 heavy (non-hydrogen) atoms. The molecular formula is C25H29N7O3. The molecular weight excluding hydrogens is 446 g/mol. The van der Waals surface area contributed by atoms with Crippen molar-refractivity contribution in [3.63, 3.8) is 0 Å². The average molecular weight is 476 g/mol. The summed E-state index contributed by atoms with van der Waals surface area (Å²) in [5.74, 6) is 1.45. The molecule has 0 unspecified atom stereocenters. The molecule has 1 fully saturated rings. The molecule has 0 bridgehead atoms. The van der Waals surface area contributed by atoms with Gasteiger partial charge in [0, 0.05) is 56.1 Å². The highest BCUT2D eigenvalue weighted by Crippen LogP contribution is 2.18. The Balaban J connectivity index is 1.35. The van der Waals surface area contributed by atoms with Gasteiger partial charge in [0.1, 0.15) is 5.82 Å². The molecule has 3 N–H and O–H groups in total. The fourth-order valence-corrected chi connectivity index (χ4v) is 3.90. The molecule has 1 aromatic heterocycles. The van der Waals surface area contributed by atoms with Crippen molar-refractivity contribution in [1.82, 2.24) is 25.2 Å². The van der Waals surface area contributed by atoms with Crippen LogP contribution >= 0.6 is 0 Å². The van der Waals surface area contributed by atoms with Crippen LogP contribution in [-0.2, 0) is 6.54 Å². The lowest BCUT2D eigenvalue weighted by molar-refractivity contribution is 0.0945. The number of carbonyl (C=O) groups excluding carboxylic acids is 2. The van der Waals surface area contributed by atoms with Crippen molar-refractivity contribution in [2.24, 2.45) is 0 Å². The Kier molecular flexibility index (Phi) is 7.96. The molecule has 3 aromatic rings. The molecule has 10 heteroatoms. The number of nitrogens with zero attached hydrogens (tertiary/aromatic N) is 5. The summed E-state index contributed by atoms with van der Waals surface area (Å²) < 4.78 is 0. The number of hydrogen-bond donors (Lipinski definition) is 3. The van der Waals surface area contributed by atoms with Crippen molar-refractivity contribution in [2.75, 3.05) is 49.5 Å². The molecule has 1 amide bonds. The van der Waals surface area contributed by atoms with E-state index in [0.29, 0.717) is 48.2 Å². The Bertz CT molecular complexity index is 1160. The lowest BCUT2D eigenvalue weighted by Gasteiger charge is -2.34. The monoisotopic (exact) mass is 475 g/mol. The van der Waals surface area contributed by atoms with E-state index < -0.39 is 0 Å². The Hall–Kier alpha value is -3.89. The Morgan fingerprint density at radius 3 is 2.49 bits per heavy atom. The largest absolute Gasteiger partial charge is 0.395 e. The summed E-state index contributed by atoms with van der Waals surface area (Å²) in [6.07, 6.45) is 0.681. The van der Waals surface area contributed by atoms with E-state index in [1.807, 2.05) is 31.2 Å². The molecule has 182 valence electrons. The van der Waals surface area contributed by atoms with Crippen LogP contribution in [0.3, 0.4) is 0 Å². The first-order valence-electron chi connectivity index (χ1n) is 11.5. The highest BCUT2D eigenvalue weighted by Gasteiger charge is 2.19. The molecule has 1 aliphatic heterocycles. The number of aryl methyl sites for hydroxylation is 1. The van der Waals surface area contributed by atoms with Crippen LogP contribution in [-0.4, -0.2) is 76.5 Å². The van der Waals surface area contributed by atoms with Crippen LogP contribution in [0.5, 0.6) is 0 Å². The summed E-state index contributed by atoms with van der Waals surface area (Å²) in [5.41, 5.74) is 2.46. The van der Waals surface area contributed by atoms with Crippen LogP contribution < -0.4 is 15.5 Å². The fourth-order valence-electron chi connectivity index (χ4n) is 3.90. The van der Waals surface area contributed by atoms with Gasteiger partial charge in [0.15, 0.2) is 6.29 Å². The predicted octanol–water partition coefficient (Wildman–Crippen LogP) is 1.78. The Labute approximate surface area is 204 Å². The van der Waals surface area contributed by atoms with Gasteiger partial charge in [0.25, 0.3) is 5.91 Å². The number of carbonyl (C=O) groups is 2. The van der Waals surface area contributed by atoms with Crippen LogP contribution in [0.4, 0.5) is 17.6 Å². The van der Waals surface area contributed by atoms with E-state index in [4.69, 9.17) is 5.11 Å². The van der Waals surface area contributed by atoms with Crippen molar-refractivity contribution in [1.29, 1.82) is 0 Å². The number of nitrogens with one attached hydrogen (secondary N) is 2. The third kappa shape index (κ3) is 6.37. The van der Waals surface area contributed by atoms with Crippen LogP contribution in [0, 0.1) is 6.92 Å². The first kappa shape index (κ1) is 24.2. The molecule has 1 saturated heterocycles. The zero-order chi connectivity index (χ0) is 24.6. The smallest absolute Gasteiger partial charge is 0.252 e. The SMILES string of the molecule is Cc1nc(Nc2ccc(CNC(=O)c3ccccc3C=O)cc2)nc(N2CCN(CCO)CC2)n1. The van der Waals surface area contributed by atoms with E-state index in [2.05, 4.69) is 35.4 Å². The normalized spacial score (nSPS) is 13.9. The molecule has 10 nitrogen and oxygen atoms in total. The summed E-state index contributed by atoms with van der Waals surface area (Å²) in [5, 5.41) is 15.2. The minimum atomic E-state index is -0.291. The molecule has 0 saturated carbocycles. The van der Waals surface area contributed by atoms with Crippen molar-refractivity contribution in [2.45, 2.75) is 13.5 Å². The van der Waals surface area contributed by atoms with Crippen molar-refractivity contribution in [3.8, 4) is 0 Å². The lowest BCUT2D eigenvalue weighted by atomic mass is 10.1. The minimum absolute atomic E-state index is 0.165. The van der Waals surface area contributed by atoms with Crippen LogP contribution in [0.15, 0.2) is 48.5 Å². The average Bonchev–Trinajstić information content (AvgIpc) is 2.88. The number of aldehydes is 1. The van der Waals surface area contributed by atoms with E-state index in [9.17, 15) is 9.59 Å². The second-order valence-corrected chi connectivity index (χ2v) is 8.27. The van der Waals surface area contributed by atoms with E-state index in [1.165, 1.54) is 0 Å². The number of anilines is 3. The second-order valence-electron chi connectivity index (χ2n) is 8.27. The maximum Gasteiger partial charge on any atom is 0.252 e. The van der Waals surface area contributed by atoms with Crippen LogP contribution in [0.2, 0.25) is 0 Å². The summed E-state index contributed by atoms with van der Waals surface area (Å²) >= 11 is 0. The van der Waals surface area contributed by atoms with Gasteiger partial charge in [-0.2, -0.15) is 15.0 Å². The number of β-amino-alcohol motifs (C(OH)–C–C–N with tert-alkyl or cyclic N) is 1. The number of aliphatic hydroxyl groups is 1. The third-order valence-corrected chi connectivity index (χ3v) is 5.80. The zero-order valence-corrected chi connectivity index (χ0v) is 19.6. The number of rotatable bonds is 9. The van der Waals surface area contributed by atoms with E-state index in [0.717, 1.165) is 37.4 Å². The van der Waals surface area contributed by atoms with Crippen molar-refractivity contribution >= 4 is 29.8 Å². The molecule has 0 aliphatic carbocycles. The Morgan fingerprint density at radius 1 is 1.03 bits per heavy atom. The number of aliphatic hydroxyl groups excluding tert-OH is 1. The highest BCUT2D eigenvalue weighted by molar-refractivity contribution is 6.01. The van der Waals surface area contributed by atoms with Gasteiger partial charge in [-0.05, 0) is 30.7 Å². The topological polar surface area (TPSA) is 124 Å². The molecule has 0 atom stereocenters. The number of piperazine rings is 1. The van der Waals surface area contributed by atoms with Crippen molar-refractivity contribution < 1.29 is 14.7 Å². The van der Waals surface area contributed by atoms with E-state index in [1.54, 1.807) is 24.3 Å². The standard InChI is InChI=1S/C25H29N7O3/c1-18-27-24(30-25(28-18)32-12-10-31(11-13-32)14-15-33)29-21-8-6-19(7-9-21)16-26-23(35)22-5-3-2-4-20(22)17-34/h2-9,17,33H,10-16H2,1H3,(H,26,35)(H,27,28,29,30). The van der Waals surface area contributed by atoms with Crippen LogP contribution in [0.1, 0.15) is 32.1 Å². The first-order chi connectivity index (χ1) is 17.1. The van der Waals surface area contributed by atoms with E-state index in [-0.39, 0.29) is 12.5 Å². The number of hydrogen-bond acceptors (Lipinski definition) is 9. The fraction of sp³-hybridized carbons (Fsp3) is 0.320. The zero-order valence-electron chi connectivity index (χ0n) is 19.6. The maximum atomic E-state index is 12.4. The van der Waals surface area contributed by atoms with Gasteiger partial charge < -0.3 is 20.6 Å². The van der Waals surface area contributed by atoms with Gasteiger partial charge in [0.05, 0.1) is 6.61 Å². The molecule has 2 heterocycles. The van der Waals surface area contributed by atoms with Gasteiger partial charge >= 0.3 is 0 Å². The number of amides is 1. The molecule has 1 aliphatic rings. The summed E-state index contributed by atoms with van der Waals surface area (Å²) in [4.78, 5) is 41.4. The van der Waals surface area contributed by atoms with Gasteiger partial charge in [-0.1, -0.05) is 30.3 Å². The second kappa shape index (κ2) is 11.5. The quantitative estimate of drug-likeness (QED) is 0.397. The summed E-state index contributed by atoms with van der Waals surface area (Å²) in [6, 6.07) is 14.3. The van der Waals surface area contributed by atoms with Crippen molar-refractivity contribution in [3.05, 3.63) is 71.0 Å². The molecule has 2 aromatic carbocycles.